The van der Waals surface area contributed by atoms with Crippen LogP contribution in [-0.2, 0) is 9.47 Å². The molecule has 0 aromatic heterocycles. The lowest BCUT2D eigenvalue weighted by atomic mass is 9.76. The van der Waals surface area contributed by atoms with Crippen molar-refractivity contribution in [1.29, 1.82) is 0 Å². The van der Waals surface area contributed by atoms with E-state index in [1.807, 2.05) is 0 Å². The van der Waals surface area contributed by atoms with E-state index in [-0.39, 0.29) is 0 Å². The Morgan fingerprint density at radius 1 is 0.545 bits per heavy atom. The van der Waals surface area contributed by atoms with Crippen molar-refractivity contribution in [2.75, 3.05) is 13.2 Å². The Hall–Kier alpha value is -0.920. The van der Waals surface area contributed by atoms with Crippen molar-refractivity contribution < 1.29 is 62.2 Å². The van der Waals surface area contributed by atoms with Gasteiger partial charge in [0.1, 0.15) is 13.2 Å². The molecule has 0 N–H and O–H groups in total. The average molecular weight is 360 g/mol. The standard InChI is InChI=1S/C8H4F12O2/c9-3(10,11)1-21-7(19)5(15,16)6(17,18)8(7,20)22-2-4(12,13)14/h1-2H2. The van der Waals surface area contributed by atoms with Crippen LogP contribution in [0.5, 0.6) is 0 Å². The monoisotopic (exact) mass is 360 g/mol. The molecule has 14 heteroatoms. The Kier molecular flexibility index (Phi) is 4.16. The van der Waals surface area contributed by atoms with Crippen molar-refractivity contribution in [3.05, 3.63) is 0 Å². The summed E-state index contributed by atoms with van der Waals surface area (Å²) in [5, 5.41) is 0. The maximum absolute atomic E-state index is 13.5. The second-order valence-corrected chi connectivity index (χ2v) is 4.15. The second kappa shape index (κ2) is 4.79. The fourth-order valence-corrected chi connectivity index (χ4v) is 1.47. The Morgan fingerprint density at radius 2 is 0.773 bits per heavy atom. The van der Waals surface area contributed by atoms with Gasteiger partial charge < -0.3 is 9.47 Å². The summed E-state index contributed by atoms with van der Waals surface area (Å²) in [6.07, 6.45) is -11.1. The lowest BCUT2D eigenvalue weighted by molar-refractivity contribution is -0.562. The van der Waals surface area contributed by atoms with Gasteiger partial charge in [-0.25, -0.2) is 0 Å². The van der Waals surface area contributed by atoms with Crippen molar-refractivity contribution in [2.45, 2.75) is 35.9 Å². The van der Waals surface area contributed by atoms with Crippen LogP contribution in [0, 0.1) is 0 Å². The number of hydrogen-bond donors (Lipinski definition) is 0. The summed E-state index contributed by atoms with van der Waals surface area (Å²) in [6, 6.07) is 0. The van der Waals surface area contributed by atoms with Crippen LogP contribution in [-0.4, -0.2) is 49.1 Å². The highest BCUT2D eigenvalue weighted by Crippen LogP contribution is 2.69. The first-order chi connectivity index (χ1) is 9.41. The largest absolute Gasteiger partial charge is 0.411 e. The van der Waals surface area contributed by atoms with Crippen LogP contribution in [0.2, 0.25) is 0 Å². The molecule has 2 atom stereocenters. The van der Waals surface area contributed by atoms with Gasteiger partial charge in [0.25, 0.3) is 0 Å². The third kappa shape index (κ3) is 2.59. The van der Waals surface area contributed by atoms with E-state index in [4.69, 9.17) is 0 Å². The van der Waals surface area contributed by atoms with Crippen LogP contribution in [0.4, 0.5) is 52.7 Å². The summed E-state index contributed by atoms with van der Waals surface area (Å²) in [6.45, 7) is -5.92. The fraction of sp³-hybridized carbons (Fsp3) is 1.00. The SMILES string of the molecule is FC(F)(F)COC1(F)C(F)(F)C(F)(F)C1(F)OCC(F)(F)F. The Morgan fingerprint density at radius 3 is 0.955 bits per heavy atom. The fourth-order valence-electron chi connectivity index (χ4n) is 1.47. The van der Waals surface area contributed by atoms with Crippen molar-refractivity contribution in [2.24, 2.45) is 0 Å². The van der Waals surface area contributed by atoms with Gasteiger partial charge in [-0.2, -0.15) is 52.7 Å². The molecular weight excluding hydrogens is 356 g/mol. The zero-order valence-corrected chi connectivity index (χ0v) is 9.77. The van der Waals surface area contributed by atoms with Crippen LogP contribution in [0.25, 0.3) is 0 Å². The first-order valence-corrected chi connectivity index (χ1v) is 4.96. The quantitative estimate of drug-likeness (QED) is 0.711. The molecule has 0 aliphatic heterocycles. The van der Waals surface area contributed by atoms with E-state index in [1.165, 1.54) is 0 Å². The second-order valence-electron chi connectivity index (χ2n) is 4.15. The third-order valence-electron chi connectivity index (χ3n) is 2.49. The Labute approximate surface area is 113 Å². The minimum Gasteiger partial charge on any atom is -0.327 e. The van der Waals surface area contributed by atoms with Gasteiger partial charge in [0.2, 0.25) is 0 Å². The molecule has 1 aliphatic rings. The minimum absolute atomic E-state index is 2.77. The van der Waals surface area contributed by atoms with Gasteiger partial charge in [-0.3, -0.25) is 0 Å². The van der Waals surface area contributed by atoms with E-state index < -0.39 is 49.1 Å². The van der Waals surface area contributed by atoms with E-state index in [2.05, 4.69) is 9.47 Å². The normalized spacial score (nSPS) is 34.4. The molecule has 0 radical (unpaired) electrons. The molecule has 0 aromatic rings. The van der Waals surface area contributed by atoms with Crippen LogP contribution in [0.15, 0.2) is 0 Å². The van der Waals surface area contributed by atoms with Gasteiger partial charge in [-0.05, 0) is 0 Å². The molecule has 1 aliphatic carbocycles. The van der Waals surface area contributed by atoms with Gasteiger partial charge >= 0.3 is 35.9 Å². The summed E-state index contributed by atoms with van der Waals surface area (Å²) in [5.74, 6) is -23.9. The molecule has 132 valence electrons. The maximum atomic E-state index is 13.5. The highest BCUT2D eigenvalue weighted by atomic mass is 19.4. The van der Waals surface area contributed by atoms with Gasteiger partial charge in [-0.1, -0.05) is 0 Å². The highest BCUT2D eigenvalue weighted by molar-refractivity contribution is 5.24. The lowest BCUT2D eigenvalue weighted by Crippen LogP contribution is -2.87. The van der Waals surface area contributed by atoms with Gasteiger partial charge in [0, 0.05) is 0 Å². The first kappa shape index (κ1) is 19.1. The predicted molar refractivity (Wildman–Crippen MR) is 41.6 cm³/mol. The summed E-state index contributed by atoms with van der Waals surface area (Å²) in [7, 11) is 0. The first-order valence-electron chi connectivity index (χ1n) is 4.96. The molecule has 2 nitrogen and oxygen atoms in total. The van der Waals surface area contributed by atoms with Crippen molar-refractivity contribution >= 4 is 0 Å². The molecule has 0 saturated heterocycles. The van der Waals surface area contributed by atoms with E-state index >= 15 is 0 Å². The molecule has 1 rings (SSSR count). The van der Waals surface area contributed by atoms with E-state index in [1.54, 1.807) is 0 Å². The van der Waals surface area contributed by atoms with Crippen LogP contribution < -0.4 is 0 Å². The number of alkyl halides is 12. The number of hydrogen-bond acceptors (Lipinski definition) is 2. The Balaban J connectivity index is 3.10. The van der Waals surface area contributed by atoms with Crippen molar-refractivity contribution in [3.63, 3.8) is 0 Å². The highest BCUT2D eigenvalue weighted by Gasteiger charge is 3.01. The topological polar surface area (TPSA) is 18.5 Å². The summed E-state index contributed by atoms with van der Waals surface area (Å²) in [4.78, 5) is 0. The zero-order valence-electron chi connectivity index (χ0n) is 9.77. The van der Waals surface area contributed by atoms with Crippen LogP contribution >= 0.6 is 0 Å². The summed E-state index contributed by atoms with van der Waals surface area (Å²) < 4.78 is 154. The van der Waals surface area contributed by atoms with E-state index in [9.17, 15) is 52.7 Å². The molecule has 2 unspecified atom stereocenters. The molecule has 1 fully saturated rings. The van der Waals surface area contributed by atoms with Crippen molar-refractivity contribution in [3.8, 4) is 0 Å². The predicted octanol–water partition coefficient (Wildman–Crippen LogP) is 3.76. The molecule has 22 heavy (non-hydrogen) atoms. The molecule has 1 saturated carbocycles. The van der Waals surface area contributed by atoms with Crippen LogP contribution in [0.1, 0.15) is 0 Å². The molecule has 0 spiro atoms. The average Bonchev–Trinajstić information content (AvgIpc) is 2.29. The maximum Gasteiger partial charge on any atom is 0.411 e. The molecule has 0 amide bonds. The Bertz CT molecular complexity index is 388. The smallest absolute Gasteiger partial charge is 0.327 e. The zero-order chi connectivity index (χ0) is 17.8. The molecule has 0 heterocycles. The van der Waals surface area contributed by atoms with Gasteiger partial charge in [0.15, 0.2) is 0 Å². The number of ether oxygens (including phenoxy) is 2. The van der Waals surface area contributed by atoms with Gasteiger partial charge in [0.05, 0.1) is 0 Å². The molecular formula is C8H4F12O2. The van der Waals surface area contributed by atoms with E-state index in [0.717, 1.165) is 0 Å². The third-order valence-corrected chi connectivity index (χ3v) is 2.49. The van der Waals surface area contributed by atoms with Crippen LogP contribution in [0.3, 0.4) is 0 Å². The number of halogens is 12. The summed E-state index contributed by atoms with van der Waals surface area (Å²) in [5.41, 5.74) is 0. The number of rotatable bonds is 4. The van der Waals surface area contributed by atoms with Crippen molar-refractivity contribution in [1.82, 2.24) is 0 Å². The summed E-state index contributed by atoms with van der Waals surface area (Å²) >= 11 is 0. The van der Waals surface area contributed by atoms with Gasteiger partial charge in [-0.15, -0.1) is 0 Å². The molecule has 0 bridgehead atoms. The van der Waals surface area contributed by atoms with E-state index in [0.29, 0.717) is 0 Å². The lowest BCUT2D eigenvalue weighted by Gasteiger charge is -2.56. The molecule has 0 aromatic carbocycles. The minimum atomic E-state index is -6.19.